The van der Waals surface area contributed by atoms with Gasteiger partial charge in [-0.15, -0.1) is 0 Å². The molecule has 0 aliphatic heterocycles. The first-order chi connectivity index (χ1) is 29.7. The van der Waals surface area contributed by atoms with Gasteiger partial charge in [0.1, 0.15) is 19.8 Å². The minimum absolute atomic E-state index is 0.0211. The fourth-order valence-corrected chi connectivity index (χ4v) is 6.46. The number of hydrogen-bond donors (Lipinski definition) is 5. The maximum atomic E-state index is 14.1. The Kier molecular flexibility index (Phi) is 19.5. The highest BCUT2D eigenvalue weighted by molar-refractivity contribution is 7.92. The number of sulfonamides is 1. The van der Waals surface area contributed by atoms with Crippen LogP contribution in [0.15, 0.2) is 71.9 Å². The number of rotatable bonds is 28. The lowest BCUT2D eigenvalue weighted by Gasteiger charge is -2.25. The zero-order chi connectivity index (χ0) is 45.0. The van der Waals surface area contributed by atoms with Crippen molar-refractivity contribution in [3.63, 3.8) is 0 Å². The van der Waals surface area contributed by atoms with Crippen LogP contribution in [0.4, 0.5) is 5.82 Å². The van der Waals surface area contributed by atoms with Gasteiger partial charge in [0.25, 0.3) is 15.9 Å². The molecule has 0 spiro atoms. The molecule has 4 rings (SSSR count). The van der Waals surface area contributed by atoms with Crippen molar-refractivity contribution in [2.75, 3.05) is 44.9 Å². The average molecular weight is 890 g/mol. The van der Waals surface area contributed by atoms with Gasteiger partial charge in [-0.3, -0.25) is 44.8 Å². The van der Waals surface area contributed by atoms with E-state index in [9.17, 15) is 18.0 Å². The fraction of sp³-hybridized carbons (Fsp3) is 0.436. The number of carbonyl (C=O) groups is 2. The molecule has 2 aromatic heterocycles. The molecule has 4 aromatic rings. The van der Waals surface area contributed by atoms with Crippen molar-refractivity contribution in [2.45, 2.75) is 75.5 Å². The zero-order valence-corrected chi connectivity index (χ0v) is 35.2. The zero-order valence-electron chi connectivity index (χ0n) is 34.4. The van der Waals surface area contributed by atoms with Crippen molar-refractivity contribution in [1.82, 2.24) is 30.7 Å². The van der Waals surface area contributed by atoms with Crippen LogP contribution in [0, 0.1) is 0 Å². The van der Waals surface area contributed by atoms with E-state index in [1.807, 2.05) is 13.8 Å². The molecular weight excluding hydrogens is 839 g/mol. The number of aromatic nitrogens is 4. The molecule has 22 nitrogen and oxygen atoms in total. The molecule has 23 heteroatoms. The molecule has 2 heterocycles. The van der Waals surface area contributed by atoms with Gasteiger partial charge in [-0.05, 0) is 61.6 Å². The van der Waals surface area contributed by atoms with Crippen molar-refractivity contribution >= 4 is 27.8 Å². The van der Waals surface area contributed by atoms with Gasteiger partial charge in [0.05, 0.1) is 36.0 Å². The summed E-state index contributed by atoms with van der Waals surface area (Å²) in [6.07, 6.45) is 6.25. The van der Waals surface area contributed by atoms with Gasteiger partial charge < -0.3 is 23.7 Å². The molecule has 0 aliphatic rings. The topological polar surface area (TPSA) is 284 Å². The number of esters is 2. The standard InChI is InChI=1S/C39H51N7O15S/c1-39(2,27-58-33(48)16-7-5-11-24-60-46(51)52)28-17-19-29(20-18-28)62(53,54)44-35-34(61-31-14-9-8-13-30(31)55-3)38(43-37(42-35)36-40-21-12-22-41-36)57-26-25-56-32(47)15-6-4-10-23-59-45(49)50/h8-9,12-14,17-22,49-52H,4-7,10-11,15-16,23-27H2,1-3H3,(H,42,43,44). The largest absolute Gasteiger partial charge is 0.493 e. The van der Waals surface area contributed by atoms with Gasteiger partial charge in [-0.25, -0.2) is 23.4 Å². The highest BCUT2D eigenvalue weighted by atomic mass is 32.2. The van der Waals surface area contributed by atoms with E-state index in [4.69, 9.17) is 44.5 Å². The Balaban J connectivity index is 1.53. The van der Waals surface area contributed by atoms with Crippen LogP contribution in [-0.2, 0) is 44.2 Å². The number of carbonyl (C=O) groups excluding carboxylic acids is 2. The van der Waals surface area contributed by atoms with Gasteiger partial charge in [-0.1, -0.05) is 51.0 Å². The number of nitrogens with one attached hydrogen (secondary N) is 1. The second-order valence-electron chi connectivity index (χ2n) is 13.9. The van der Waals surface area contributed by atoms with Gasteiger partial charge in [0.15, 0.2) is 23.1 Å². The minimum Gasteiger partial charge on any atom is -0.493 e. The summed E-state index contributed by atoms with van der Waals surface area (Å²) in [5, 5.41) is 33.6. The van der Waals surface area contributed by atoms with Gasteiger partial charge in [0, 0.05) is 30.7 Å². The molecular formula is C39H51N7O15S. The first-order valence-corrected chi connectivity index (χ1v) is 20.9. The number of ether oxygens (including phenoxy) is 5. The van der Waals surface area contributed by atoms with Crippen molar-refractivity contribution < 1.29 is 72.2 Å². The SMILES string of the molecule is COc1ccccc1Oc1c(NS(=O)(=O)c2ccc(C(C)(C)COC(=O)CCCCCON(O)O)cc2)nc(-c2ncccn2)nc1OCCOC(=O)CCCCCON(O)O. The van der Waals surface area contributed by atoms with Crippen molar-refractivity contribution in [3.8, 4) is 34.8 Å². The van der Waals surface area contributed by atoms with E-state index in [-0.39, 0.29) is 96.4 Å². The van der Waals surface area contributed by atoms with Crippen LogP contribution >= 0.6 is 0 Å². The molecule has 0 fully saturated rings. The smallest absolute Gasteiger partial charge is 0.305 e. The third-order valence-electron chi connectivity index (χ3n) is 8.70. The summed E-state index contributed by atoms with van der Waals surface area (Å²) >= 11 is 0. The van der Waals surface area contributed by atoms with Gasteiger partial charge in [-0.2, -0.15) is 4.98 Å². The normalized spacial score (nSPS) is 11.7. The Bertz CT molecular complexity index is 2110. The van der Waals surface area contributed by atoms with E-state index in [0.717, 1.165) is 0 Å². The van der Waals surface area contributed by atoms with Crippen LogP contribution in [0.3, 0.4) is 0 Å². The van der Waals surface area contributed by atoms with E-state index in [0.29, 0.717) is 49.8 Å². The molecule has 0 unspecified atom stereocenters. The van der Waals surface area contributed by atoms with E-state index >= 15 is 0 Å². The predicted molar refractivity (Wildman–Crippen MR) is 213 cm³/mol. The lowest BCUT2D eigenvalue weighted by atomic mass is 9.86. The quantitative estimate of drug-likeness (QED) is 0.0270. The van der Waals surface area contributed by atoms with Gasteiger partial charge in [0.2, 0.25) is 11.6 Å². The number of anilines is 1. The van der Waals surface area contributed by atoms with Crippen LogP contribution in [0.2, 0.25) is 0 Å². The average Bonchev–Trinajstić information content (AvgIpc) is 3.25. The van der Waals surface area contributed by atoms with E-state index in [2.05, 4.69) is 34.3 Å². The fourth-order valence-electron chi connectivity index (χ4n) is 5.46. The Hall–Kier alpha value is -5.63. The van der Waals surface area contributed by atoms with Crippen LogP contribution in [-0.4, -0.2) is 112 Å². The van der Waals surface area contributed by atoms with Gasteiger partial charge >= 0.3 is 11.9 Å². The van der Waals surface area contributed by atoms with Crippen molar-refractivity contribution in [1.29, 1.82) is 0 Å². The maximum Gasteiger partial charge on any atom is 0.305 e. The third-order valence-corrected chi connectivity index (χ3v) is 10.1. The summed E-state index contributed by atoms with van der Waals surface area (Å²) < 4.78 is 59.1. The highest BCUT2D eigenvalue weighted by Gasteiger charge is 2.28. The summed E-state index contributed by atoms with van der Waals surface area (Å²) in [7, 11) is -2.97. The van der Waals surface area contributed by atoms with Crippen LogP contribution < -0.4 is 18.9 Å². The molecule has 0 bridgehead atoms. The number of nitrogens with zero attached hydrogens (tertiary/aromatic N) is 6. The van der Waals surface area contributed by atoms with Crippen LogP contribution in [0.1, 0.15) is 70.8 Å². The number of para-hydroxylation sites is 2. The Morgan fingerprint density at radius 3 is 1.90 bits per heavy atom. The second kappa shape index (κ2) is 24.7. The molecule has 338 valence electrons. The number of benzene rings is 2. The second-order valence-corrected chi connectivity index (χ2v) is 15.6. The molecule has 0 amide bonds. The lowest BCUT2D eigenvalue weighted by Crippen LogP contribution is -2.26. The molecule has 62 heavy (non-hydrogen) atoms. The first kappa shape index (κ1) is 49.0. The van der Waals surface area contributed by atoms with Crippen LogP contribution in [0.25, 0.3) is 11.6 Å². The first-order valence-electron chi connectivity index (χ1n) is 19.4. The number of methoxy groups -OCH3 is 1. The van der Waals surface area contributed by atoms with E-state index in [1.54, 1.807) is 42.5 Å². The summed E-state index contributed by atoms with van der Waals surface area (Å²) in [6, 6.07) is 14.2. The molecule has 5 N–H and O–H groups in total. The summed E-state index contributed by atoms with van der Waals surface area (Å²) in [5.41, 5.74) is -0.00817. The van der Waals surface area contributed by atoms with Crippen LogP contribution in [0.5, 0.6) is 23.1 Å². The molecule has 2 aromatic carbocycles. The molecule has 0 saturated heterocycles. The number of hydrogen-bond acceptors (Lipinski definition) is 21. The predicted octanol–water partition coefficient (Wildman–Crippen LogP) is 5.42. The highest BCUT2D eigenvalue weighted by Crippen LogP contribution is 2.41. The summed E-state index contributed by atoms with van der Waals surface area (Å²) in [6.45, 7) is 3.39. The van der Waals surface area contributed by atoms with E-state index in [1.165, 1.54) is 31.6 Å². The third kappa shape index (κ3) is 16.3. The maximum absolute atomic E-state index is 14.1. The Labute approximate surface area is 357 Å². The minimum atomic E-state index is -4.40. The Morgan fingerprint density at radius 1 is 0.710 bits per heavy atom. The molecule has 0 radical (unpaired) electrons. The van der Waals surface area contributed by atoms with Crippen molar-refractivity contribution in [3.05, 3.63) is 72.6 Å². The summed E-state index contributed by atoms with van der Waals surface area (Å²) in [5.74, 6) is -1.41. The summed E-state index contributed by atoms with van der Waals surface area (Å²) in [4.78, 5) is 50.9. The lowest BCUT2D eigenvalue weighted by molar-refractivity contribution is -0.492. The molecule has 0 saturated carbocycles. The van der Waals surface area contributed by atoms with E-state index < -0.39 is 27.4 Å². The van der Waals surface area contributed by atoms with Crippen molar-refractivity contribution in [2.24, 2.45) is 0 Å². The molecule has 0 atom stereocenters. The Morgan fingerprint density at radius 2 is 1.31 bits per heavy atom. The molecule has 0 aliphatic carbocycles. The number of unbranched alkanes of at least 4 members (excludes halogenated alkanes) is 4. The monoisotopic (exact) mass is 889 g/mol.